The molecular weight excluding hydrogens is 429 g/mol. The minimum absolute atomic E-state index is 0.0719. The molecule has 0 radical (unpaired) electrons. The second-order valence-corrected chi connectivity index (χ2v) is 8.24. The molecule has 2 aliphatic heterocycles. The summed E-state index contributed by atoms with van der Waals surface area (Å²) in [6, 6.07) is 15.8. The van der Waals surface area contributed by atoms with E-state index >= 15 is 0 Å². The summed E-state index contributed by atoms with van der Waals surface area (Å²) in [5.74, 6) is 1.44. The molecule has 0 amide bonds. The quantitative estimate of drug-likeness (QED) is 0.638. The second kappa shape index (κ2) is 8.90. The molecule has 0 saturated carbocycles. The molecule has 0 unspecified atom stereocenters. The van der Waals surface area contributed by atoms with E-state index in [-0.39, 0.29) is 12.1 Å². The van der Waals surface area contributed by atoms with Crippen molar-refractivity contribution in [2.75, 3.05) is 42.6 Å². The second-order valence-electron chi connectivity index (χ2n) is 8.24. The fourth-order valence-corrected chi connectivity index (χ4v) is 4.39. The van der Waals surface area contributed by atoms with Gasteiger partial charge in [-0.1, -0.05) is 48.5 Å². The first kappa shape index (κ1) is 21.5. The van der Waals surface area contributed by atoms with Gasteiger partial charge in [0.05, 0.1) is 18.3 Å². The van der Waals surface area contributed by atoms with Crippen LogP contribution in [-0.2, 0) is 19.3 Å². The van der Waals surface area contributed by atoms with E-state index in [2.05, 4.69) is 20.1 Å². The summed E-state index contributed by atoms with van der Waals surface area (Å²) in [5, 5.41) is 3.32. The van der Waals surface area contributed by atoms with Gasteiger partial charge < -0.3 is 19.7 Å². The molecule has 3 aromatic rings. The molecule has 33 heavy (non-hydrogen) atoms. The molecule has 1 fully saturated rings. The number of anilines is 2. The van der Waals surface area contributed by atoms with Gasteiger partial charge in [0.25, 0.3) is 0 Å². The van der Waals surface area contributed by atoms with Crippen molar-refractivity contribution in [3.63, 3.8) is 0 Å². The number of aromatic nitrogens is 2. The third-order valence-electron chi connectivity index (χ3n) is 6.00. The lowest BCUT2D eigenvalue weighted by molar-refractivity contribution is -0.138. The molecule has 3 heterocycles. The number of nitrogens with zero attached hydrogens (tertiary/aromatic N) is 5. The molecule has 0 atom stereocenters. The molecule has 6 nitrogen and oxygen atoms in total. The lowest BCUT2D eigenvalue weighted by atomic mass is 10.1. The normalized spacial score (nSPS) is 16.2. The summed E-state index contributed by atoms with van der Waals surface area (Å²) in [4.78, 5) is 13.7. The monoisotopic (exact) mass is 454 g/mol. The van der Waals surface area contributed by atoms with Gasteiger partial charge in [-0.05, 0) is 17.2 Å². The van der Waals surface area contributed by atoms with Crippen molar-refractivity contribution in [3.8, 4) is 0 Å². The maximum Gasteiger partial charge on any atom is 0.416 e. The fraction of sp³-hybridized carbons (Fsp3) is 0.333. The number of piperazine rings is 1. The minimum atomic E-state index is -4.42. The maximum atomic E-state index is 13.7. The summed E-state index contributed by atoms with van der Waals surface area (Å²) in [7, 11) is 0. The highest BCUT2D eigenvalue weighted by Gasteiger charge is 2.34. The topological polar surface area (TPSA) is 48.7 Å². The highest BCUT2D eigenvalue weighted by molar-refractivity contribution is 5.88. The molecule has 2 aliphatic rings. The molecule has 9 heteroatoms. The van der Waals surface area contributed by atoms with E-state index in [0.717, 1.165) is 49.3 Å². The van der Waals surface area contributed by atoms with Crippen molar-refractivity contribution < 1.29 is 13.2 Å². The number of halogens is 3. The Balaban J connectivity index is 1.57. The average Bonchev–Trinajstić information content (AvgIpc) is 3.19. The largest absolute Gasteiger partial charge is 0.416 e. The van der Waals surface area contributed by atoms with Crippen LogP contribution in [0.5, 0.6) is 0 Å². The number of alkyl halides is 3. The molecule has 1 aromatic heterocycles. The van der Waals surface area contributed by atoms with Gasteiger partial charge >= 0.3 is 6.18 Å². The number of aliphatic imine (C=N–C) groups is 1. The lowest BCUT2D eigenvalue weighted by Crippen LogP contribution is -2.44. The first-order valence-electron chi connectivity index (χ1n) is 11.0. The van der Waals surface area contributed by atoms with E-state index in [1.807, 2.05) is 34.9 Å². The molecule has 172 valence electrons. The Labute approximate surface area is 190 Å². The van der Waals surface area contributed by atoms with Gasteiger partial charge in [-0.2, -0.15) is 18.2 Å². The Kier molecular flexibility index (Phi) is 5.80. The average molecular weight is 455 g/mol. The Hall–Kier alpha value is -3.33. The number of hydrogen-bond acceptors (Lipinski definition) is 5. The van der Waals surface area contributed by atoms with Crippen molar-refractivity contribution in [1.82, 2.24) is 14.9 Å². The van der Waals surface area contributed by atoms with Crippen molar-refractivity contribution in [1.29, 1.82) is 0 Å². The fourth-order valence-electron chi connectivity index (χ4n) is 4.39. The Bertz CT molecular complexity index is 1130. The van der Waals surface area contributed by atoms with E-state index in [4.69, 9.17) is 4.98 Å². The van der Waals surface area contributed by atoms with E-state index in [1.165, 1.54) is 6.07 Å². The highest BCUT2D eigenvalue weighted by Crippen LogP contribution is 2.35. The Morgan fingerprint density at radius 2 is 1.64 bits per heavy atom. The third kappa shape index (κ3) is 4.45. The van der Waals surface area contributed by atoms with Gasteiger partial charge in [0.15, 0.2) is 5.82 Å². The molecule has 0 aliphatic carbocycles. The van der Waals surface area contributed by atoms with Crippen LogP contribution >= 0.6 is 0 Å². The van der Waals surface area contributed by atoms with Crippen LogP contribution in [0.15, 0.2) is 59.6 Å². The first-order chi connectivity index (χ1) is 16.0. The number of nitrogens with one attached hydrogen (secondary N) is 1. The van der Waals surface area contributed by atoms with Crippen LogP contribution in [0.2, 0.25) is 0 Å². The first-order valence-corrected chi connectivity index (χ1v) is 11.0. The molecule has 5 rings (SSSR count). The zero-order chi connectivity index (χ0) is 22.8. The van der Waals surface area contributed by atoms with Gasteiger partial charge in [0.1, 0.15) is 12.4 Å². The van der Waals surface area contributed by atoms with Crippen molar-refractivity contribution in [2.24, 2.45) is 4.99 Å². The Morgan fingerprint density at radius 1 is 0.909 bits per heavy atom. The van der Waals surface area contributed by atoms with Crippen molar-refractivity contribution in [3.05, 3.63) is 77.0 Å². The number of fused-ring (bicyclic) bond motifs is 1. The van der Waals surface area contributed by atoms with Gasteiger partial charge in [0.2, 0.25) is 5.95 Å². The molecular formula is C24H25F3N6. The molecule has 1 saturated heterocycles. The third-order valence-corrected chi connectivity index (χ3v) is 6.00. The van der Waals surface area contributed by atoms with E-state index < -0.39 is 11.7 Å². The summed E-state index contributed by atoms with van der Waals surface area (Å²) < 4.78 is 43.0. The van der Waals surface area contributed by atoms with Crippen molar-refractivity contribution >= 4 is 18.0 Å². The van der Waals surface area contributed by atoms with E-state index in [1.54, 1.807) is 18.3 Å². The predicted octanol–water partition coefficient (Wildman–Crippen LogP) is 3.76. The van der Waals surface area contributed by atoms with Gasteiger partial charge in [0, 0.05) is 32.7 Å². The van der Waals surface area contributed by atoms with Crippen LogP contribution in [0.3, 0.4) is 0 Å². The van der Waals surface area contributed by atoms with Gasteiger partial charge in [-0.3, -0.25) is 4.99 Å². The maximum absolute atomic E-state index is 13.7. The predicted molar refractivity (Wildman–Crippen MR) is 123 cm³/mol. The van der Waals surface area contributed by atoms with Gasteiger partial charge in [-0.25, -0.2) is 0 Å². The number of rotatable bonds is 5. The van der Waals surface area contributed by atoms with Crippen LogP contribution in [0.4, 0.5) is 24.9 Å². The number of hydrogen-bond donors (Lipinski definition) is 1. The van der Waals surface area contributed by atoms with Crippen LogP contribution in [0.1, 0.15) is 22.4 Å². The summed E-state index contributed by atoms with van der Waals surface area (Å²) >= 11 is 0. The van der Waals surface area contributed by atoms with E-state index in [9.17, 15) is 13.2 Å². The zero-order valence-corrected chi connectivity index (χ0v) is 18.1. The molecule has 0 bridgehead atoms. The SMILES string of the molecule is FC(F)(F)c1ccccc1Cn1c(N2CCNCC2)nc2c1C=NCN2Cc1ccccc1. The van der Waals surface area contributed by atoms with Crippen LogP contribution in [-0.4, -0.2) is 48.6 Å². The van der Waals surface area contributed by atoms with Crippen molar-refractivity contribution in [2.45, 2.75) is 19.3 Å². The summed E-state index contributed by atoms with van der Waals surface area (Å²) in [5.41, 5.74) is 1.46. The smallest absolute Gasteiger partial charge is 0.340 e. The molecule has 2 aromatic carbocycles. The number of imidazole rings is 1. The minimum Gasteiger partial charge on any atom is -0.340 e. The molecule has 1 N–H and O–H groups in total. The summed E-state index contributed by atoms with van der Waals surface area (Å²) in [6.07, 6.45) is -2.67. The highest BCUT2D eigenvalue weighted by atomic mass is 19.4. The molecule has 0 spiro atoms. The van der Waals surface area contributed by atoms with Crippen LogP contribution in [0.25, 0.3) is 0 Å². The van der Waals surface area contributed by atoms with Crippen LogP contribution < -0.4 is 15.1 Å². The van der Waals surface area contributed by atoms with Gasteiger partial charge in [-0.15, -0.1) is 0 Å². The van der Waals surface area contributed by atoms with Crippen LogP contribution in [0, 0.1) is 0 Å². The number of benzene rings is 2. The summed E-state index contributed by atoms with van der Waals surface area (Å²) in [6.45, 7) is 4.25. The standard InChI is InChI=1S/C24H25F3N6/c25-24(26,27)20-9-5-4-8-19(20)16-33-21-14-29-17-32(15-18-6-2-1-3-7-18)22(21)30-23(33)31-12-10-28-11-13-31/h1-9,14,28H,10-13,15-17H2. The zero-order valence-electron chi connectivity index (χ0n) is 18.1. The van der Waals surface area contributed by atoms with E-state index in [0.29, 0.717) is 19.2 Å². The lowest BCUT2D eigenvalue weighted by Gasteiger charge is -2.29. The Morgan fingerprint density at radius 3 is 2.39 bits per heavy atom.